The Hall–Kier alpha value is -4.59. The Morgan fingerprint density at radius 2 is 1.62 bits per heavy atom. The van der Waals surface area contributed by atoms with Crippen LogP contribution in [0.15, 0.2) is 83.3 Å². The molecule has 8 heteroatoms. The van der Waals surface area contributed by atoms with E-state index in [2.05, 4.69) is 10.2 Å². The van der Waals surface area contributed by atoms with Gasteiger partial charge < -0.3 is 23.7 Å². The SMILES string of the molecule is COc1cc(/C=C/C(=O)c2ccc(O)cc2)ccc1OCc1nnc(COc2ccccc2)o1. The number of ketones is 1. The monoisotopic (exact) mass is 458 g/mol. The first-order valence-corrected chi connectivity index (χ1v) is 10.4. The van der Waals surface area contributed by atoms with E-state index in [-0.39, 0.29) is 24.7 Å². The van der Waals surface area contributed by atoms with Crippen molar-refractivity contribution in [1.82, 2.24) is 10.2 Å². The van der Waals surface area contributed by atoms with Crippen molar-refractivity contribution in [1.29, 1.82) is 0 Å². The van der Waals surface area contributed by atoms with Crippen molar-refractivity contribution in [3.63, 3.8) is 0 Å². The molecular formula is C26H22N2O6. The molecule has 0 atom stereocenters. The molecule has 3 aromatic carbocycles. The van der Waals surface area contributed by atoms with Gasteiger partial charge in [0.05, 0.1) is 7.11 Å². The second kappa shape index (κ2) is 10.8. The maximum atomic E-state index is 12.3. The number of hydrogen-bond donors (Lipinski definition) is 1. The van der Waals surface area contributed by atoms with E-state index in [4.69, 9.17) is 18.6 Å². The molecule has 0 aliphatic heterocycles. The molecule has 4 aromatic rings. The number of carbonyl (C=O) groups is 1. The number of hydrogen-bond acceptors (Lipinski definition) is 8. The maximum Gasteiger partial charge on any atom is 0.254 e. The van der Waals surface area contributed by atoms with E-state index in [1.54, 1.807) is 36.4 Å². The summed E-state index contributed by atoms with van der Waals surface area (Å²) < 4.78 is 22.3. The van der Waals surface area contributed by atoms with Crippen LogP contribution in [0, 0.1) is 0 Å². The normalized spacial score (nSPS) is 10.9. The Kier molecular flexibility index (Phi) is 7.19. The zero-order chi connectivity index (χ0) is 23.8. The number of para-hydroxylation sites is 1. The summed E-state index contributed by atoms with van der Waals surface area (Å²) in [4.78, 5) is 12.3. The summed E-state index contributed by atoms with van der Waals surface area (Å²) >= 11 is 0. The molecule has 0 radical (unpaired) electrons. The van der Waals surface area contributed by atoms with Crippen LogP contribution in [-0.2, 0) is 13.2 Å². The van der Waals surface area contributed by atoms with Crippen molar-refractivity contribution in [2.75, 3.05) is 7.11 Å². The average molecular weight is 458 g/mol. The highest BCUT2D eigenvalue weighted by molar-refractivity contribution is 6.06. The van der Waals surface area contributed by atoms with Crippen LogP contribution >= 0.6 is 0 Å². The Balaban J connectivity index is 1.34. The van der Waals surface area contributed by atoms with Gasteiger partial charge in [-0.2, -0.15) is 0 Å². The summed E-state index contributed by atoms with van der Waals surface area (Å²) in [6, 6.07) is 20.7. The molecule has 0 aliphatic carbocycles. The van der Waals surface area contributed by atoms with Gasteiger partial charge in [0.15, 0.2) is 30.5 Å². The second-order valence-electron chi connectivity index (χ2n) is 7.13. The van der Waals surface area contributed by atoms with E-state index in [0.29, 0.717) is 34.6 Å². The molecule has 1 heterocycles. The average Bonchev–Trinajstić information content (AvgIpc) is 3.34. The van der Waals surface area contributed by atoms with Gasteiger partial charge in [0.2, 0.25) is 0 Å². The summed E-state index contributed by atoms with van der Waals surface area (Å²) in [7, 11) is 1.53. The number of methoxy groups -OCH3 is 1. The number of carbonyl (C=O) groups excluding carboxylic acids is 1. The van der Waals surface area contributed by atoms with Gasteiger partial charge in [0.25, 0.3) is 11.8 Å². The highest BCUT2D eigenvalue weighted by Crippen LogP contribution is 2.29. The van der Waals surface area contributed by atoms with Gasteiger partial charge >= 0.3 is 0 Å². The largest absolute Gasteiger partial charge is 0.508 e. The summed E-state index contributed by atoms with van der Waals surface area (Å²) in [5.74, 6) is 2.27. The molecule has 172 valence electrons. The Bertz CT molecular complexity index is 1270. The van der Waals surface area contributed by atoms with Crippen LogP contribution in [0.5, 0.6) is 23.0 Å². The molecule has 0 saturated heterocycles. The Labute approximate surface area is 196 Å². The van der Waals surface area contributed by atoms with Crippen molar-refractivity contribution in [3.8, 4) is 23.0 Å². The number of benzene rings is 3. The van der Waals surface area contributed by atoms with E-state index >= 15 is 0 Å². The lowest BCUT2D eigenvalue weighted by molar-refractivity contribution is 0.104. The van der Waals surface area contributed by atoms with Crippen molar-refractivity contribution in [2.24, 2.45) is 0 Å². The first-order chi connectivity index (χ1) is 16.6. The smallest absolute Gasteiger partial charge is 0.254 e. The quantitative estimate of drug-likeness (QED) is 0.266. The zero-order valence-electron chi connectivity index (χ0n) is 18.4. The van der Waals surface area contributed by atoms with E-state index in [9.17, 15) is 9.90 Å². The third-order valence-electron chi connectivity index (χ3n) is 4.73. The van der Waals surface area contributed by atoms with Crippen molar-refractivity contribution in [2.45, 2.75) is 13.2 Å². The number of ether oxygens (including phenoxy) is 3. The number of nitrogens with zero attached hydrogens (tertiary/aromatic N) is 2. The van der Waals surface area contributed by atoms with Crippen molar-refractivity contribution < 1.29 is 28.5 Å². The minimum atomic E-state index is -0.178. The number of phenols is 1. The topological polar surface area (TPSA) is 104 Å². The van der Waals surface area contributed by atoms with Crippen LogP contribution in [0.25, 0.3) is 6.08 Å². The molecule has 8 nitrogen and oxygen atoms in total. The van der Waals surface area contributed by atoms with E-state index in [1.807, 2.05) is 30.3 Å². The molecule has 0 saturated carbocycles. The predicted molar refractivity (Wildman–Crippen MR) is 124 cm³/mol. The molecule has 4 rings (SSSR count). The fourth-order valence-corrected chi connectivity index (χ4v) is 3.01. The van der Waals surface area contributed by atoms with Crippen LogP contribution in [-0.4, -0.2) is 28.2 Å². The molecule has 1 aromatic heterocycles. The zero-order valence-corrected chi connectivity index (χ0v) is 18.4. The maximum absolute atomic E-state index is 12.3. The fourth-order valence-electron chi connectivity index (χ4n) is 3.01. The summed E-state index contributed by atoms with van der Waals surface area (Å²) in [5, 5.41) is 17.3. The molecular weight excluding hydrogens is 436 g/mol. The fraction of sp³-hybridized carbons (Fsp3) is 0.115. The van der Waals surface area contributed by atoms with E-state index in [0.717, 1.165) is 5.56 Å². The minimum absolute atomic E-state index is 0.0588. The molecule has 0 spiro atoms. The third kappa shape index (κ3) is 6.01. The Morgan fingerprint density at radius 3 is 2.32 bits per heavy atom. The van der Waals surface area contributed by atoms with Gasteiger partial charge in [-0.25, -0.2) is 0 Å². The molecule has 0 aliphatic rings. The lowest BCUT2D eigenvalue weighted by atomic mass is 10.1. The van der Waals surface area contributed by atoms with Gasteiger partial charge in [-0.1, -0.05) is 30.3 Å². The van der Waals surface area contributed by atoms with E-state index < -0.39 is 0 Å². The summed E-state index contributed by atoms with van der Waals surface area (Å²) in [6.45, 7) is 0.216. The van der Waals surface area contributed by atoms with Gasteiger partial charge in [-0.05, 0) is 60.2 Å². The molecule has 1 N–H and O–H groups in total. The standard InChI is InChI=1S/C26H22N2O6/c1-31-24-15-18(7-13-22(30)19-9-11-20(29)12-10-19)8-14-23(24)33-17-26-28-27-25(34-26)16-32-21-5-3-2-4-6-21/h2-15,29H,16-17H2,1H3/b13-7+. The van der Waals surface area contributed by atoms with Gasteiger partial charge in [0.1, 0.15) is 11.5 Å². The van der Waals surface area contributed by atoms with E-state index in [1.165, 1.54) is 25.3 Å². The highest BCUT2D eigenvalue weighted by atomic mass is 16.5. The minimum Gasteiger partial charge on any atom is -0.508 e. The number of allylic oxidation sites excluding steroid dienone is 1. The number of phenolic OH excluding ortho intramolecular Hbond substituents is 1. The molecule has 0 bridgehead atoms. The number of aromatic hydroxyl groups is 1. The van der Waals surface area contributed by atoms with Gasteiger partial charge in [-0.3, -0.25) is 4.79 Å². The van der Waals surface area contributed by atoms with Gasteiger partial charge in [-0.15, -0.1) is 10.2 Å². The van der Waals surface area contributed by atoms with Crippen LogP contribution in [0.1, 0.15) is 27.7 Å². The molecule has 34 heavy (non-hydrogen) atoms. The predicted octanol–water partition coefficient (Wildman–Crippen LogP) is 4.84. The van der Waals surface area contributed by atoms with Crippen LogP contribution in [0.4, 0.5) is 0 Å². The molecule has 0 unspecified atom stereocenters. The first-order valence-electron chi connectivity index (χ1n) is 10.4. The van der Waals surface area contributed by atoms with Crippen LogP contribution in [0.2, 0.25) is 0 Å². The molecule has 0 amide bonds. The van der Waals surface area contributed by atoms with Crippen molar-refractivity contribution >= 4 is 11.9 Å². The summed E-state index contributed by atoms with van der Waals surface area (Å²) in [6.07, 6.45) is 3.14. The summed E-state index contributed by atoms with van der Waals surface area (Å²) in [5.41, 5.74) is 1.24. The Morgan fingerprint density at radius 1 is 0.912 bits per heavy atom. The first kappa shape index (κ1) is 22.6. The number of aromatic nitrogens is 2. The van der Waals surface area contributed by atoms with Crippen molar-refractivity contribution in [3.05, 3.63) is 102 Å². The van der Waals surface area contributed by atoms with Crippen LogP contribution in [0.3, 0.4) is 0 Å². The lowest BCUT2D eigenvalue weighted by Crippen LogP contribution is -1.98. The highest BCUT2D eigenvalue weighted by Gasteiger charge is 2.11. The van der Waals surface area contributed by atoms with Gasteiger partial charge in [0, 0.05) is 5.56 Å². The lowest BCUT2D eigenvalue weighted by Gasteiger charge is -2.10. The second-order valence-corrected chi connectivity index (χ2v) is 7.13. The third-order valence-corrected chi connectivity index (χ3v) is 4.73. The molecule has 0 fully saturated rings. The number of rotatable bonds is 10. The van der Waals surface area contributed by atoms with Crippen LogP contribution < -0.4 is 14.2 Å².